The van der Waals surface area contributed by atoms with E-state index in [0.29, 0.717) is 25.6 Å². The Morgan fingerprint density at radius 1 is 1.04 bits per heavy atom. The van der Waals surface area contributed by atoms with Gasteiger partial charge in [0, 0.05) is 24.8 Å². The summed E-state index contributed by atoms with van der Waals surface area (Å²) in [6.07, 6.45) is 6.93. The van der Waals surface area contributed by atoms with Crippen molar-refractivity contribution in [2.24, 2.45) is 10.8 Å². The van der Waals surface area contributed by atoms with Crippen LogP contribution < -0.4 is 10.0 Å². The van der Waals surface area contributed by atoms with Gasteiger partial charge in [-0.05, 0) is 38.5 Å². The highest BCUT2D eigenvalue weighted by molar-refractivity contribution is 7.89. The Hall–Kier alpha value is -0.690. The lowest BCUT2D eigenvalue weighted by Crippen LogP contribution is -2.35. The molecule has 0 bridgehead atoms. The van der Waals surface area contributed by atoms with Crippen molar-refractivity contribution in [2.45, 2.75) is 67.7 Å². The molecule has 0 radical (unpaired) electrons. The first-order chi connectivity index (χ1) is 13.1. The summed E-state index contributed by atoms with van der Waals surface area (Å²) in [6.45, 7) is 17.9. The van der Waals surface area contributed by atoms with Crippen molar-refractivity contribution in [1.29, 1.82) is 0 Å². The van der Waals surface area contributed by atoms with Crippen LogP contribution in [0.25, 0.3) is 0 Å². The summed E-state index contributed by atoms with van der Waals surface area (Å²) in [5.41, 5.74) is 2.44. The molecule has 166 valence electrons. The summed E-state index contributed by atoms with van der Waals surface area (Å²) in [5.74, 6) is 0.631. The van der Waals surface area contributed by atoms with Crippen molar-refractivity contribution < 1.29 is 14.0 Å². The second-order valence-corrected chi connectivity index (χ2v) is 10.2. The zero-order valence-corrected chi connectivity index (χ0v) is 20.3. The van der Waals surface area contributed by atoms with Gasteiger partial charge >= 0.3 is 0 Å². The maximum atomic E-state index is 12.5. The van der Waals surface area contributed by atoms with Gasteiger partial charge in [-0.15, -0.1) is 0 Å². The molecule has 0 spiro atoms. The molecule has 0 aliphatic rings. The molecule has 0 aromatic heterocycles. The number of ether oxygens (including phenoxy) is 2. The second kappa shape index (κ2) is 14.3. The predicted molar refractivity (Wildman–Crippen MR) is 121 cm³/mol. The molecule has 0 amide bonds. The average molecular weight is 417 g/mol. The maximum Gasteiger partial charge on any atom is 0.131 e. The highest BCUT2D eigenvalue weighted by atomic mass is 32.2. The highest BCUT2D eigenvalue weighted by Crippen LogP contribution is 2.38. The molecular formula is C22H44N2O3S. The lowest BCUT2D eigenvalue weighted by molar-refractivity contribution is 0.0727. The van der Waals surface area contributed by atoms with Crippen molar-refractivity contribution in [2.75, 3.05) is 39.2 Å². The van der Waals surface area contributed by atoms with Crippen molar-refractivity contribution in [3.8, 4) is 0 Å². The van der Waals surface area contributed by atoms with Crippen LogP contribution in [0.1, 0.15) is 67.7 Å². The Balaban J connectivity index is 4.26. The lowest BCUT2D eigenvalue weighted by Gasteiger charge is -2.34. The number of hydrogen-bond acceptors (Lipinski definition) is 5. The van der Waals surface area contributed by atoms with Crippen LogP contribution in [-0.4, -0.2) is 43.8 Å². The fourth-order valence-electron chi connectivity index (χ4n) is 3.44. The SMILES string of the molecule is CC=C(CCC[S+]([O-])NC(=CC)C(C)(C)CC(C)(C)C)NCCOCCOC. The third-order valence-electron chi connectivity index (χ3n) is 4.37. The third-order valence-corrected chi connectivity index (χ3v) is 5.48. The molecular weight excluding hydrogens is 372 g/mol. The van der Waals surface area contributed by atoms with Crippen molar-refractivity contribution in [1.82, 2.24) is 10.0 Å². The van der Waals surface area contributed by atoms with Crippen molar-refractivity contribution in [3.05, 3.63) is 23.5 Å². The predicted octanol–water partition coefficient (Wildman–Crippen LogP) is 4.54. The standard InChI is InChI=1S/C22H44N2O3S/c1-9-19(23-13-14-27-16-15-26-8)12-11-17-28(25)24-20(10-2)22(6,7)18-21(3,4)5/h9-10,23-24H,11-18H2,1-8H3. The summed E-state index contributed by atoms with van der Waals surface area (Å²) in [7, 11) is 1.67. The van der Waals surface area contributed by atoms with Gasteiger partial charge in [0.15, 0.2) is 0 Å². The van der Waals surface area contributed by atoms with E-state index in [4.69, 9.17) is 9.47 Å². The maximum absolute atomic E-state index is 12.5. The quantitative estimate of drug-likeness (QED) is 0.303. The summed E-state index contributed by atoms with van der Waals surface area (Å²) < 4.78 is 26.2. The molecule has 1 atom stereocenters. The van der Waals surface area contributed by atoms with Gasteiger partial charge in [0.1, 0.15) is 5.75 Å². The van der Waals surface area contributed by atoms with E-state index in [9.17, 15) is 4.55 Å². The number of allylic oxidation sites excluding steroid dienone is 4. The van der Waals surface area contributed by atoms with Crippen LogP contribution in [0.2, 0.25) is 0 Å². The topological polar surface area (TPSA) is 65.6 Å². The van der Waals surface area contributed by atoms with E-state index in [2.05, 4.69) is 56.8 Å². The number of hydrogen-bond donors (Lipinski definition) is 2. The first kappa shape index (κ1) is 27.3. The average Bonchev–Trinajstić information content (AvgIpc) is 2.58. The summed E-state index contributed by atoms with van der Waals surface area (Å²) in [4.78, 5) is 0. The molecule has 0 saturated carbocycles. The third kappa shape index (κ3) is 13.5. The van der Waals surface area contributed by atoms with E-state index in [1.807, 2.05) is 13.8 Å². The molecule has 5 nitrogen and oxygen atoms in total. The van der Waals surface area contributed by atoms with Gasteiger partial charge in [-0.3, -0.25) is 0 Å². The minimum absolute atomic E-state index is 0.0263. The Morgan fingerprint density at radius 2 is 1.71 bits per heavy atom. The normalized spacial score (nSPS) is 14.9. The minimum Gasteiger partial charge on any atom is -0.593 e. The van der Waals surface area contributed by atoms with Crippen LogP contribution in [-0.2, 0) is 20.8 Å². The molecule has 0 aromatic carbocycles. The first-order valence-corrected chi connectivity index (χ1v) is 11.6. The van der Waals surface area contributed by atoms with E-state index >= 15 is 0 Å². The minimum atomic E-state index is -1.07. The molecule has 1 unspecified atom stereocenters. The van der Waals surface area contributed by atoms with Crippen LogP contribution in [0.4, 0.5) is 0 Å². The summed E-state index contributed by atoms with van der Waals surface area (Å²) >= 11 is -1.07. The molecule has 28 heavy (non-hydrogen) atoms. The van der Waals surface area contributed by atoms with E-state index < -0.39 is 11.4 Å². The molecule has 0 saturated heterocycles. The number of rotatable bonds is 15. The Morgan fingerprint density at radius 3 is 2.25 bits per heavy atom. The number of methoxy groups -OCH3 is 1. The van der Waals surface area contributed by atoms with Gasteiger partial charge in [0.2, 0.25) is 0 Å². The molecule has 0 aliphatic heterocycles. The fourth-order valence-corrected chi connectivity index (χ4v) is 4.59. The second-order valence-electron chi connectivity index (χ2n) is 8.92. The Labute approximate surface area is 177 Å². The van der Waals surface area contributed by atoms with Crippen LogP contribution >= 0.6 is 0 Å². The molecule has 0 heterocycles. The summed E-state index contributed by atoms with van der Waals surface area (Å²) in [5, 5.41) is 3.39. The van der Waals surface area contributed by atoms with Crippen molar-refractivity contribution in [3.63, 3.8) is 0 Å². The van der Waals surface area contributed by atoms with Crippen molar-refractivity contribution >= 4 is 11.4 Å². The van der Waals surface area contributed by atoms with Gasteiger partial charge in [-0.1, -0.05) is 46.8 Å². The lowest BCUT2D eigenvalue weighted by atomic mass is 9.74. The van der Waals surface area contributed by atoms with Crippen LogP contribution in [0, 0.1) is 10.8 Å². The van der Waals surface area contributed by atoms with Gasteiger partial charge in [0.05, 0.1) is 36.9 Å². The van der Waals surface area contributed by atoms with Gasteiger partial charge in [-0.2, -0.15) is 0 Å². The van der Waals surface area contributed by atoms with Gasteiger partial charge in [0.25, 0.3) is 0 Å². The van der Waals surface area contributed by atoms with E-state index in [1.165, 1.54) is 5.70 Å². The van der Waals surface area contributed by atoms with E-state index in [0.717, 1.165) is 31.5 Å². The van der Waals surface area contributed by atoms with Crippen LogP contribution in [0.3, 0.4) is 0 Å². The highest BCUT2D eigenvalue weighted by Gasteiger charge is 2.31. The van der Waals surface area contributed by atoms with E-state index in [-0.39, 0.29) is 10.8 Å². The number of nitrogens with one attached hydrogen (secondary N) is 2. The zero-order chi connectivity index (χ0) is 21.6. The molecule has 6 heteroatoms. The molecule has 0 aromatic rings. The fraction of sp³-hybridized carbons (Fsp3) is 0.818. The van der Waals surface area contributed by atoms with Crippen LogP contribution in [0.15, 0.2) is 23.5 Å². The Bertz CT molecular complexity index is 471. The molecule has 0 aliphatic carbocycles. The summed E-state index contributed by atoms with van der Waals surface area (Å²) in [6, 6.07) is 0. The molecule has 0 fully saturated rings. The monoisotopic (exact) mass is 416 g/mol. The Kier molecular flexibility index (Phi) is 14.0. The largest absolute Gasteiger partial charge is 0.593 e. The molecule has 2 N–H and O–H groups in total. The van der Waals surface area contributed by atoms with E-state index in [1.54, 1.807) is 7.11 Å². The van der Waals surface area contributed by atoms with Gasteiger partial charge in [-0.25, -0.2) is 4.72 Å². The first-order valence-electron chi connectivity index (χ1n) is 10.3. The zero-order valence-electron chi connectivity index (χ0n) is 19.4. The smallest absolute Gasteiger partial charge is 0.131 e. The molecule has 0 rings (SSSR count). The van der Waals surface area contributed by atoms with Gasteiger partial charge < -0.3 is 19.3 Å². The van der Waals surface area contributed by atoms with Crippen LogP contribution in [0.5, 0.6) is 0 Å².